The number of aliphatic hydroxyl groups is 1. The maximum atomic E-state index is 12.5. The van der Waals surface area contributed by atoms with Crippen molar-refractivity contribution in [3.05, 3.63) is 35.4 Å². The molecule has 1 aliphatic heterocycles. The van der Waals surface area contributed by atoms with Crippen LogP contribution >= 0.6 is 0 Å². The second-order valence-corrected chi connectivity index (χ2v) is 5.96. The molecule has 1 fully saturated rings. The highest BCUT2D eigenvalue weighted by Gasteiger charge is 2.46. The molecule has 5 nitrogen and oxygen atoms in total. The first kappa shape index (κ1) is 13.5. The number of rotatable bonds is 2. The van der Waals surface area contributed by atoms with Gasteiger partial charge in [0.25, 0.3) is 0 Å². The number of carbonyl (C=O) groups excluding carboxylic acids is 1. The summed E-state index contributed by atoms with van der Waals surface area (Å²) in [6, 6.07) is 7.13. The van der Waals surface area contributed by atoms with Crippen molar-refractivity contribution in [2.45, 2.75) is 31.5 Å². The molecule has 108 valence electrons. The zero-order chi connectivity index (χ0) is 14.3. The second kappa shape index (κ2) is 4.84. The number of nitrogens with two attached hydrogens (primary N) is 1. The number of carbonyl (C=O) groups is 1. The standard InChI is InChI=1S/C15H20N2O3/c1-15(8-20-7-12(15)16)14(19)17-13-10-5-3-2-4-9(10)6-11(13)18/h2-5,11-13,18H,6-8,16H2,1H3,(H,17,19)/t11-,12?,13+,15?/m0/s1. The van der Waals surface area contributed by atoms with Crippen molar-refractivity contribution in [1.82, 2.24) is 5.32 Å². The van der Waals surface area contributed by atoms with E-state index >= 15 is 0 Å². The molecule has 1 aliphatic carbocycles. The third-order valence-electron chi connectivity index (χ3n) is 4.53. The zero-order valence-corrected chi connectivity index (χ0v) is 11.5. The summed E-state index contributed by atoms with van der Waals surface area (Å²) in [4.78, 5) is 12.5. The van der Waals surface area contributed by atoms with Gasteiger partial charge in [0, 0.05) is 12.5 Å². The molecular formula is C15H20N2O3. The first-order chi connectivity index (χ1) is 9.52. The van der Waals surface area contributed by atoms with Gasteiger partial charge in [0.1, 0.15) is 0 Å². The topological polar surface area (TPSA) is 84.6 Å². The number of nitrogens with one attached hydrogen (secondary N) is 1. The molecule has 1 aromatic carbocycles. The lowest BCUT2D eigenvalue weighted by atomic mass is 9.84. The zero-order valence-electron chi connectivity index (χ0n) is 11.5. The molecule has 20 heavy (non-hydrogen) atoms. The first-order valence-electron chi connectivity index (χ1n) is 6.92. The van der Waals surface area contributed by atoms with Crippen molar-refractivity contribution in [3.63, 3.8) is 0 Å². The number of benzene rings is 1. The average molecular weight is 276 g/mol. The predicted octanol–water partition coefficient (Wildman–Crippen LogP) is 0.125. The minimum Gasteiger partial charge on any atom is -0.390 e. The van der Waals surface area contributed by atoms with E-state index in [4.69, 9.17) is 10.5 Å². The Balaban J connectivity index is 1.80. The van der Waals surface area contributed by atoms with Gasteiger partial charge in [-0.15, -0.1) is 0 Å². The van der Waals surface area contributed by atoms with Gasteiger partial charge in [-0.05, 0) is 18.1 Å². The van der Waals surface area contributed by atoms with Gasteiger partial charge in [0.15, 0.2) is 0 Å². The SMILES string of the molecule is CC1(C(=O)N[C@@H]2c3ccccc3C[C@@H]2O)COCC1N. The third kappa shape index (κ3) is 2.02. The van der Waals surface area contributed by atoms with Crippen LogP contribution in [0.25, 0.3) is 0 Å². The van der Waals surface area contributed by atoms with Crippen LogP contribution < -0.4 is 11.1 Å². The lowest BCUT2D eigenvalue weighted by Gasteiger charge is -2.28. The van der Waals surface area contributed by atoms with E-state index in [2.05, 4.69) is 5.32 Å². The molecule has 3 rings (SSSR count). The van der Waals surface area contributed by atoms with Gasteiger partial charge in [-0.3, -0.25) is 4.79 Å². The fourth-order valence-corrected chi connectivity index (χ4v) is 2.98. The van der Waals surface area contributed by atoms with Crippen molar-refractivity contribution in [2.75, 3.05) is 13.2 Å². The van der Waals surface area contributed by atoms with Gasteiger partial charge >= 0.3 is 0 Å². The molecule has 1 heterocycles. The van der Waals surface area contributed by atoms with Crippen molar-refractivity contribution < 1.29 is 14.6 Å². The van der Waals surface area contributed by atoms with Crippen molar-refractivity contribution in [3.8, 4) is 0 Å². The van der Waals surface area contributed by atoms with Crippen LogP contribution in [0.2, 0.25) is 0 Å². The van der Waals surface area contributed by atoms with Crippen LogP contribution in [0.1, 0.15) is 24.1 Å². The molecule has 4 N–H and O–H groups in total. The summed E-state index contributed by atoms with van der Waals surface area (Å²) in [5.41, 5.74) is 7.32. The quantitative estimate of drug-likeness (QED) is 0.716. The first-order valence-corrected chi connectivity index (χ1v) is 6.92. The van der Waals surface area contributed by atoms with E-state index < -0.39 is 11.5 Å². The Hall–Kier alpha value is -1.43. The molecule has 0 aromatic heterocycles. The summed E-state index contributed by atoms with van der Waals surface area (Å²) in [6.45, 7) is 2.53. The van der Waals surface area contributed by atoms with Gasteiger partial charge in [-0.1, -0.05) is 24.3 Å². The van der Waals surface area contributed by atoms with Crippen LogP contribution in [-0.2, 0) is 16.0 Å². The molecule has 4 atom stereocenters. The average Bonchev–Trinajstić information content (AvgIpc) is 2.92. The minimum atomic E-state index is -0.725. The molecule has 2 unspecified atom stereocenters. The third-order valence-corrected chi connectivity index (χ3v) is 4.53. The van der Waals surface area contributed by atoms with Crippen molar-refractivity contribution >= 4 is 5.91 Å². The highest BCUT2D eigenvalue weighted by atomic mass is 16.5. The maximum Gasteiger partial charge on any atom is 0.230 e. The summed E-state index contributed by atoms with van der Waals surface area (Å²) in [7, 11) is 0. The van der Waals surface area contributed by atoms with E-state index in [-0.39, 0.29) is 18.0 Å². The van der Waals surface area contributed by atoms with Crippen LogP contribution in [0.15, 0.2) is 24.3 Å². The number of amides is 1. The molecule has 1 amide bonds. The molecular weight excluding hydrogens is 256 g/mol. The molecule has 0 radical (unpaired) electrons. The van der Waals surface area contributed by atoms with Crippen LogP contribution in [0, 0.1) is 5.41 Å². The van der Waals surface area contributed by atoms with Crippen molar-refractivity contribution in [2.24, 2.45) is 11.1 Å². The molecule has 0 bridgehead atoms. The van der Waals surface area contributed by atoms with Gasteiger partial charge in [0.05, 0.1) is 30.8 Å². The largest absolute Gasteiger partial charge is 0.390 e. The highest BCUT2D eigenvalue weighted by molar-refractivity contribution is 5.84. The van der Waals surface area contributed by atoms with Crippen LogP contribution in [0.3, 0.4) is 0 Å². The van der Waals surface area contributed by atoms with Gasteiger partial charge in [-0.25, -0.2) is 0 Å². The fraction of sp³-hybridized carbons (Fsp3) is 0.533. The van der Waals surface area contributed by atoms with E-state index in [9.17, 15) is 9.90 Å². The van der Waals surface area contributed by atoms with Crippen molar-refractivity contribution in [1.29, 1.82) is 0 Å². The van der Waals surface area contributed by atoms with Crippen LogP contribution in [0.5, 0.6) is 0 Å². The smallest absolute Gasteiger partial charge is 0.230 e. The molecule has 1 saturated heterocycles. The van der Waals surface area contributed by atoms with Gasteiger partial charge in [0.2, 0.25) is 5.91 Å². The number of hydrogen-bond acceptors (Lipinski definition) is 4. The Bertz CT molecular complexity index is 534. The van der Waals surface area contributed by atoms with Gasteiger partial charge < -0.3 is 20.9 Å². The van der Waals surface area contributed by atoms with Crippen LogP contribution in [0.4, 0.5) is 0 Å². The number of aliphatic hydroxyl groups excluding tert-OH is 1. The summed E-state index contributed by atoms with van der Waals surface area (Å²) in [6.07, 6.45) is -0.0149. The Morgan fingerprint density at radius 2 is 2.25 bits per heavy atom. The van der Waals surface area contributed by atoms with Crippen LogP contribution in [-0.4, -0.2) is 36.4 Å². The van der Waals surface area contributed by atoms with E-state index in [0.717, 1.165) is 11.1 Å². The summed E-state index contributed by atoms with van der Waals surface area (Å²) in [5, 5.41) is 13.1. The van der Waals surface area contributed by atoms with Gasteiger partial charge in [-0.2, -0.15) is 0 Å². The Morgan fingerprint density at radius 1 is 1.50 bits per heavy atom. The fourth-order valence-electron chi connectivity index (χ4n) is 2.98. The highest BCUT2D eigenvalue weighted by Crippen LogP contribution is 2.34. The summed E-state index contributed by atoms with van der Waals surface area (Å²) in [5.74, 6) is -0.150. The van der Waals surface area contributed by atoms with E-state index in [0.29, 0.717) is 19.6 Å². The maximum absolute atomic E-state index is 12.5. The lowest BCUT2D eigenvalue weighted by Crippen LogP contribution is -2.51. The summed E-state index contributed by atoms with van der Waals surface area (Å²) >= 11 is 0. The monoisotopic (exact) mass is 276 g/mol. The molecule has 1 aromatic rings. The lowest BCUT2D eigenvalue weighted by molar-refractivity contribution is -0.132. The normalized spacial score (nSPS) is 35.9. The predicted molar refractivity (Wildman–Crippen MR) is 73.9 cm³/mol. The summed E-state index contributed by atoms with van der Waals surface area (Å²) < 4.78 is 5.31. The Kier molecular flexibility index (Phi) is 3.28. The van der Waals surface area contributed by atoms with E-state index in [1.165, 1.54) is 0 Å². The Labute approximate surface area is 118 Å². The van der Waals surface area contributed by atoms with E-state index in [1.807, 2.05) is 31.2 Å². The molecule has 0 spiro atoms. The second-order valence-electron chi connectivity index (χ2n) is 5.96. The number of hydrogen-bond donors (Lipinski definition) is 3. The molecule has 0 saturated carbocycles. The number of fused-ring (bicyclic) bond motifs is 1. The Morgan fingerprint density at radius 3 is 2.95 bits per heavy atom. The van der Waals surface area contributed by atoms with E-state index in [1.54, 1.807) is 0 Å². The number of ether oxygens (including phenoxy) is 1. The molecule has 5 heteroatoms. The minimum absolute atomic E-state index is 0.150. The molecule has 2 aliphatic rings.